The van der Waals surface area contributed by atoms with Gasteiger partial charge in [-0.15, -0.1) is 0 Å². The lowest BCUT2D eigenvalue weighted by Gasteiger charge is -2.25. The topological polar surface area (TPSA) is 71.5 Å². The number of hydrogen-bond acceptors (Lipinski definition) is 4. The van der Waals surface area contributed by atoms with Crippen LogP contribution in [0, 0.1) is 0 Å². The minimum Gasteiger partial charge on any atom is -0.467 e. The molecule has 1 heterocycles. The predicted octanol–water partition coefficient (Wildman–Crippen LogP) is 2.28. The van der Waals surface area contributed by atoms with Crippen molar-refractivity contribution in [2.45, 2.75) is 52.6 Å². The van der Waals surface area contributed by atoms with Gasteiger partial charge in [0.05, 0.1) is 18.4 Å². The van der Waals surface area contributed by atoms with Crippen LogP contribution in [0.3, 0.4) is 0 Å². The van der Waals surface area contributed by atoms with E-state index in [1.807, 2.05) is 0 Å². The molecule has 0 saturated carbocycles. The van der Waals surface area contributed by atoms with E-state index < -0.39 is 0 Å². The van der Waals surface area contributed by atoms with Crippen LogP contribution in [0.15, 0.2) is 16.7 Å². The lowest BCUT2D eigenvalue weighted by molar-refractivity contribution is 0.0948. The van der Waals surface area contributed by atoms with Gasteiger partial charge in [0.25, 0.3) is 5.91 Å². The number of nitrogens with one attached hydrogen (secondary N) is 1. The fourth-order valence-corrected chi connectivity index (χ4v) is 2.01. The monoisotopic (exact) mass is 267 g/mol. The molecule has 0 aliphatic carbocycles. The van der Waals surface area contributed by atoms with Gasteiger partial charge in [-0.2, -0.15) is 0 Å². The molecule has 0 saturated heterocycles. The molecule has 0 fully saturated rings. The van der Waals surface area contributed by atoms with E-state index in [2.05, 4.69) is 31.1 Å². The number of hydrazine groups is 1. The number of nitrogens with zero attached hydrogens (tertiary/aromatic N) is 1. The van der Waals surface area contributed by atoms with Gasteiger partial charge in [0.2, 0.25) is 0 Å². The van der Waals surface area contributed by atoms with E-state index in [4.69, 9.17) is 10.3 Å². The number of hydrogen-bond donors (Lipinski definition) is 2. The average Bonchev–Trinajstić information content (AvgIpc) is 2.84. The highest BCUT2D eigenvalue weighted by atomic mass is 16.3. The Morgan fingerprint density at radius 2 is 2.21 bits per heavy atom. The van der Waals surface area contributed by atoms with Crippen LogP contribution in [0.5, 0.6) is 0 Å². The first-order valence-electron chi connectivity index (χ1n) is 6.91. The van der Waals surface area contributed by atoms with Gasteiger partial charge < -0.3 is 4.42 Å². The van der Waals surface area contributed by atoms with Gasteiger partial charge in [0, 0.05) is 6.04 Å². The highest BCUT2D eigenvalue weighted by Crippen LogP contribution is 2.15. The summed E-state index contributed by atoms with van der Waals surface area (Å²) in [6.07, 6.45) is 5.11. The van der Waals surface area contributed by atoms with Crippen LogP contribution in [0.2, 0.25) is 0 Å². The number of nitrogen functional groups attached to an aromatic ring is 1. The Kier molecular flexibility index (Phi) is 6.59. The summed E-state index contributed by atoms with van der Waals surface area (Å²) in [7, 11) is 0. The molecule has 0 aliphatic heterocycles. The highest BCUT2D eigenvalue weighted by Gasteiger charge is 2.18. The average molecular weight is 267 g/mol. The van der Waals surface area contributed by atoms with Crippen molar-refractivity contribution >= 4 is 5.91 Å². The van der Waals surface area contributed by atoms with Gasteiger partial charge >= 0.3 is 0 Å². The van der Waals surface area contributed by atoms with Crippen LogP contribution in [-0.4, -0.2) is 23.4 Å². The molecule has 0 aromatic carbocycles. The third kappa shape index (κ3) is 4.69. The Labute approximate surface area is 115 Å². The maximum Gasteiger partial charge on any atom is 0.268 e. The molecule has 0 bridgehead atoms. The maximum atomic E-state index is 11.6. The number of unbranched alkanes of at least 4 members (excludes halogenated alkanes) is 2. The van der Waals surface area contributed by atoms with E-state index in [1.165, 1.54) is 19.1 Å². The third-order valence-corrected chi connectivity index (χ3v) is 3.25. The summed E-state index contributed by atoms with van der Waals surface area (Å²) in [5.74, 6) is 5.54. The number of nitrogens with two attached hydrogens (primary N) is 1. The van der Waals surface area contributed by atoms with E-state index in [1.54, 1.807) is 6.07 Å². The molecule has 0 unspecified atom stereocenters. The van der Waals surface area contributed by atoms with Crippen LogP contribution in [0.4, 0.5) is 0 Å². The second-order valence-corrected chi connectivity index (χ2v) is 5.00. The molecular weight excluding hydrogens is 242 g/mol. The number of amides is 1. The van der Waals surface area contributed by atoms with Crippen molar-refractivity contribution in [2.75, 3.05) is 6.54 Å². The van der Waals surface area contributed by atoms with Gasteiger partial charge in [-0.05, 0) is 32.9 Å². The molecule has 0 radical (unpaired) electrons. The van der Waals surface area contributed by atoms with E-state index in [0.717, 1.165) is 13.0 Å². The first-order valence-corrected chi connectivity index (χ1v) is 6.91. The van der Waals surface area contributed by atoms with Crippen LogP contribution in [0.25, 0.3) is 0 Å². The molecule has 1 aromatic rings. The number of carbonyl (C=O) groups excluding carboxylic acids is 1. The fourth-order valence-electron chi connectivity index (χ4n) is 2.01. The standard InChI is InChI=1S/C14H25N3O2/c1-4-5-6-8-17(11(2)3)10-13-12(7-9-19-13)14(18)16-15/h7,9,11H,4-6,8,10,15H2,1-3H3,(H,16,18). The molecule has 5 heteroatoms. The zero-order chi connectivity index (χ0) is 14.3. The number of carbonyl (C=O) groups is 1. The van der Waals surface area contributed by atoms with Gasteiger partial charge in [-0.1, -0.05) is 19.8 Å². The van der Waals surface area contributed by atoms with E-state index in [-0.39, 0.29) is 5.91 Å². The Hall–Kier alpha value is -1.33. The first-order chi connectivity index (χ1) is 9.10. The summed E-state index contributed by atoms with van der Waals surface area (Å²) in [5.41, 5.74) is 2.66. The van der Waals surface area contributed by atoms with Gasteiger partial charge in [0.15, 0.2) is 0 Å². The van der Waals surface area contributed by atoms with Gasteiger partial charge in [0.1, 0.15) is 5.76 Å². The Balaban J connectivity index is 2.68. The molecule has 1 aromatic heterocycles. The van der Waals surface area contributed by atoms with Crippen molar-refractivity contribution in [1.29, 1.82) is 0 Å². The molecule has 0 aliphatic rings. The first kappa shape index (κ1) is 15.7. The molecule has 5 nitrogen and oxygen atoms in total. The van der Waals surface area contributed by atoms with Crippen molar-refractivity contribution in [1.82, 2.24) is 10.3 Å². The summed E-state index contributed by atoms with van der Waals surface area (Å²) in [6, 6.07) is 2.07. The summed E-state index contributed by atoms with van der Waals surface area (Å²) in [5, 5.41) is 0. The second kappa shape index (κ2) is 7.96. The van der Waals surface area contributed by atoms with E-state index in [9.17, 15) is 4.79 Å². The molecule has 3 N–H and O–H groups in total. The summed E-state index contributed by atoms with van der Waals surface area (Å²) < 4.78 is 5.42. The maximum absolute atomic E-state index is 11.6. The van der Waals surface area contributed by atoms with Crippen LogP contribution < -0.4 is 11.3 Å². The molecule has 108 valence electrons. The predicted molar refractivity (Wildman–Crippen MR) is 75.4 cm³/mol. The number of furan rings is 1. The summed E-state index contributed by atoms with van der Waals surface area (Å²) in [4.78, 5) is 13.9. The van der Waals surface area contributed by atoms with E-state index >= 15 is 0 Å². The summed E-state index contributed by atoms with van der Waals surface area (Å²) >= 11 is 0. The molecule has 19 heavy (non-hydrogen) atoms. The van der Waals surface area contributed by atoms with Crippen molar-refractivity contribution < 1.29 is 9.21 Å². The van der Waals surface area contributed by atoms with Crippen molar-refractivity contribution in [3.63, 3.8) is 0 Å². The highest BCUT2D eigenvalue weighted by molar-refractivity contribution is 5.94. The fraction of sp³-hybridized carbons (Fsp3) is 0.643. The zero-order valence-electron chi connectivity index (χ0n) is 12.1. The molecule has 1 rings (SSSR count). The lowest BCUT2D eigenvalue weighted by Crippen LogP contribution is -2.34. The normalized spacial score (nSPS) is 11.3. The van der Waals surface area contributed by atoms with Crippen molar-refractivity contribution in [2.24, 2.45) is 5.84 Å². The molecule has 0 spiro atoms. The van der Waals surface area contributed by atoms with E-state index in [0.29, 0.717) is 23.9 Å². The Morgan fingerprint density at radius 1 is 1.47 bits per heavy atom. The van der Waals surface area contributed by atoms with Crippen LogP contribution in [-0.2, 0) is 6.54 Å². The largest absolute Gasteiger partial charge is 0.467 e. The SMILES string of the molecule is CCCCCN(Cc1occc1C(=O)NN)C(C)C. The summed E-state index contributed by atoms with van der Waals surface area (Å²) in [6.45, 7) is 8.14. The van der Waals surface area contributed by atoms with Gasteiger partial charge in [-0.25, -0.2) is 5.84 Å². The Bertz CT molecular complexity index is 388. The smallest absolute Gasteiger partial charge is 0.268 e. The van der Waals surface area contributed by atoms with Crippen molar-refractivity contribution in [3.05, 3.63) is 23.7 Å². The van der Waals surface area contributed by atoms with Gasteiger partial charge in [-0.3, -0.25) is 15.1 Å². The second-order valence-electron chi connectivity index (χ2n) is 5.00. The molecule has 0 atom stereocenters. The minimum absolute atomic E-state index is 0.305. The molecule has 1 amide bonds. The van der Waals surface area contributed by atoms with Crippen molar-refractivity contribution in [3.8, 4) is 0 Å². The third-order valence-electron chi connectivity index (χ3n) is 3.25. The van der Waals surface area contributed by atoms with Crippen LogP contribution in [0.1, 0.15) is 56.2 Å². The molecular formula is C14H25N3O2. The quantitative estimate of drug-likeness (QED) is 0.328. The zero-order valence-corrected chi connectivity index (χ0v) is 12.1. The Morgan fingerprint density at radius 3 is 2.79 bits per heavy atom. The minimum atomic E-state index is -0.305. The lowest BCUT2D eigenvalue weighted by atomic mass is 10.2. The van der Waals surface area contributed by atoms with Crippen LogP contribution >= 0.6 is 0 Å². The number of rotatable bonds is 8.